The second-order valence-electron chi connectivity index (χ2n) is 3.80. The summed E-state index contributed by atoms with van der Waals surface area (Å²) in [7, 11) is 0. The number of ether oxygens (including phenoxy) is 1. The number of hydrogen-bond donors (Lipinski definition) is 1. The molecule has 74 valence electrons. The third kappa shape index (κ3) is 1.41. The molecular formula is C11H13NOS. The van der Waals surface area contributed by atoms with E-state index in [1.807, 2.05) is 0 Å². The van der Waals surface area contributed by atoms with Crippen LogP contribution in [-0.4, -0.2) is 19.0 Å². The Bertz CT molecular complexity index is 347. The lowest BCUT2D eigenvalue weighted by molar-refractivity contribution is 0.397. The van der Waals surface area contributed by atoms with E-state index in [1.165, 1.54) is 16.9 Å². The molecule has 1 N–H and O–H groups in total. The molecule has 3 heteroatoms. The lowest BCUT2D eigenvalue weighted by Crippen LogP contribution is -2.07. The fourth-order valence-electron chi connectivity index (χ4n) is 2.11. The van der Waals surface area contributed by atoms with Gasteiger partial charge < -0.3 is 10.1 Å². The lowest BCUT2D eigenvalue weighted by atomic mass is 9.98. The van der Waals surface area contributed by atoms with Gasteiger partial charge in [-0.05, 0) is 36.6 Å². The largest absolute Gasteiger partial charge is 0.481 e. The third-order valence-corrected chi connectivity index (χ3v) is 3.79. The maximum Gasteiger partial charge on any atom is 0.138 e. The molecule has 1 aromatic carbocycles. The molecule has 0 radical (unpaired) electrons. The first kappa shape index (κ1) is 8.62. The van der Waals surface area contributed by atoms with Gasteiger partial charge in [0.15, 0.2) is 0 Å². The molecule has 14 heavy (non-hydrogen) atoms. The zero-order valence-corrected chi connectivity index (χ0v) is 8.77. The average molecular weight is 207 g/mol. The molecule has 1 saturated heterocycles. The van der Waals surface area contributed by atoms with Crippen molar-refractivity contribution in [3.8, 4) is 5.75 Å². The van der Waals surface area contributed by atoms with E-state index in [0.717, 1.165) is 24.8 Å². The number of thioether (sulfide) groups is 1. The molecule has 1 atom stereocenters. The summed E-state index contributed by atoms with van der Waals surface area (Å²) in [5.41, 5.74) is 1.46. The van der Waals surface area contributed by atoms with Crippen LogP contribution >= 0.6 is 11.8 Å². The minimum absolute atomic E-state index is 0.710. The van der Waals surface area contributed by atoms with Crippen molar-refractivity contribution in [1.82, 2.24) is 5.32 Å². The molecule has 2 aliphatic heterocycles. The van der Waals surface area contributed by atoms with Crippen molar-refractivity contribution in [1.29, 1.82) is 0 Å². The van der Waals surface area contributed by atoms with Crippen LogP contribution in [0.5, 0.6) is 5.75 Å². The van der Waals surface area contributed by atoms with E-state index in [2.05, 4.69) is 23.5 Å². The molecule has 2 nitrogen and oxygen atoms in total. The summed E-state index contributed by atoms with van der Waals surface area (Å²) >= 11 is 1.80. The summed E-state index contributed by atoms with van der Waals surface area (Å²) < 4.78 is 5.46. The van der Waals surface area contributed by atoms with Gasteiger partial charge in [-0.1, -0.05) is 17.8 Å². The molecule has 0 aliphatic carbocycles. The maximum atomic E-state index is 5.46. The van der Waals surface area contributed by atoms with E-state index in [0.29, 0.717) is 5.92 Å². The molecule has 2 aliphatic rings. The molecule has 0 bridgehead atoms. The van der Waals surface area contributed by atoms with Gasteiger partial charge in [0.05, 0.1) is 4.90 Å². The van der Waals surface area contributed by atoms with Gasteiger partial charge in [-0.25, -0.2) is 0 Å². The minimum atomic E-state index is 0.710. The molecule has 0 aromatic heterocycles. The van der Waals surface area contributed by atoms with Gasteiger partial charge in [0.25, 0.3) is 0 Å². The normalized spacial score (nSPS) is 24.7. The monoisotopic (exact) mass is 207 g/mol. The fraction of sp³-hybridized carbons (Fsp3) is 0.455. The van der Waals surface area contributed by atoms with Crippen LogP contribution in [0.2, 0.25) is 0 Å². The van der Waals surface area contributed by atoms with Crippen LogP contribution in [0.3, 0.4) is 0 Å². The van der Waals surface area contributed by atoms with E-state index in [4.69, 9.17) is 4.74 Å². The molecule has 0 amide bonds. The van der Waals surface area contributed by atoms with Crippen molar-refractivity contribution < 1.29 is 4.74 Å². The van der Waals surface area contributed by atoms with Crippen LogP contribution in [0.4, 0.5) is 0 Å². The Morgan fingerprint density at radius 3 is 3.29 bits per heavy atom. The predicted octanol–water partition coefficient (Wildman–Crippen LogP) is 2.21. The molecule has 1 fully saturated rings. The predicted molar refractivity (Wildman–Crippen MR) is 58.0 cm³/mol. The quantitative estimate of drug-likeness (QED) is 0.763. The van der Waals surface area contributed by atoms with Gasteiger partial charge >= 0.3 is 0 Å². The SMILES string of the molecule is c1cc2c(cc1C1CCNC1)SCO2. The van der Waals surface area contributed by atoms with Crippen LogP contribution in [0.1, 0.15) is 17.9 Å². The van der Waals surface area contributed by atoms with E-state index in [9.17, 15) is 0 Å². The van der Waals surface area contributed by atoms with E-state index >= 15 is 0 Å². The summed E-state index contributed by atoms with van der Waals surface area (Å²) in [5, 5.41) is 3.40. The Morgan fingerprint density at radius 1 is 1.43 bits per heavy atom. The molecule has 3 rings (SSSR count). The lowest BCUT2D eigenvalue weighted by Gasteiger charge is -2.09. The Balaban J connectivity index is 1.91. The number of rotatable bonds is 1. The average Bonchev–Trinajstić information content (AvgIpc) is 2.88. The zero-order chi connectivity index (χ0) is 9.38. The number of benzene rings is 1. The second-order valence-corrected chi connectivity index (χ2v) is 4.77. The van der Waals surface area contributed by atoms with Crippen LogP contribution in [0.25, 0.3) is 0 Å². The summed E-state index contributed by atoms with van der Waals surface area (Å²) in [4.78, 5) is 1.31. The summed E-state index contributed by atoms with van der Waals surface area (Å²) in [5.74, 6) is 2.55. The molecule has 1 unspecified atom stereocenters. The molecule has 1 aromatic rings. The van der Waals surface area contributed by atoms with Crippen LogP contribution < -0.4 is 10.1 Å². The number of hydrogen-bond acceptors (Lipinski definition) is 3. The van der Waals surface area contributed by atoms with Crippen molar-refractivity contribution in [3.63, 3.8) is 0 Å². The Morgan fingerprint density at radius 2 is 2.43 bits per heavy atom. The van der Waals surface area contributed by atoms with E-state index in [-0.39, 0.29) is 0 Å². The Kier molecular flexibility index (Phi) is 2.14. The van der Waals surface area contributed by atoms with Gasteiger partial charge in [0.2, 0.25) is 0 Å². The molecular weight excluding hydrogens is 194 g/mol. The molecule has 2 heterocycles. The summed E-state index contributed by atoms with van der Waals surface area (Å²) in [6.45, 7) is 2.29. The van der Waals surface area contributed by atoms with Crippen LogP contribution in [0.15, 0.2) is 23.1 Å². The van der Waals surface area contributed by atoms with Gasteiger partial charge in [0.1, 0.15) is 11.7 Å². The van der Waals surface area contributed by atoms with Gasteiger partial charge in [-0.3, -0.25) is 0 Å². The topological polar surface area (TPSA) is 21.3 Å². The highest BCUT2D eigenvalue weighted by atomic mass is 32.2. The molecule has 0 spiro atoms. The van der Waals surface area contributed by atoms with Gasteiger partial charge in [-0.15, -0.1) is 0 Å². The van der Waals surface area contributed by atoms with Crippen molar-refractivity contribution in [3.05, 3.63) is 23.8 Å². The van der Waals surface area contributed by atoms with Crippen molar-refractivity contribution in [2.45, 2.75) is 17.2 Å². The van der Waals surface area contributed by atoms with Crippen molar-refractivity contribution >= 4 is 11.8 Å². The smallest absolute Gasteiger partial charge is 0.138 e. The maximum absolute atomic E-state index is 5.46. The number of nitrogens with one attached hydrogen (secondary N) is 1. The second kappa shape index (κ2) is 3.48. The van der Waals surface area contributed by atoms with Crippen LogP contribution in [-0.2, 0) is 0 Å². The first-order valence-corrected chi connectivity index (χ1v) is 6.02. The highest BCUT2D eigenvalue weighted by Gasteiger charge is 2.19. The third-order valence-electron chi connectivity index (χ3n) is 2.93. The molecule has 0 saturated carbocycles. The van der Waals surface area contributed by atoms with Gasteiger partial charge in [-0.2, -0.15) is 0 Å². The Hall–Kier alpha value is -0.670. The highest BCUT2D eigenvalue weighted by Crippen LogP contribution is 2.38. The van der Waals surface area contributed by atoms with Crippen LogP contribution in [0, 0.1) is 0 Å². The standard InChI is InChI=1S/C11H13NOS/c1-2-10-11(14-7-13-10)5-8(1)9-3-4-12-6-9/h1-2,5,9,12H,3-4,6-7H2. The highest BCUT2D eigenvalue weighted by molar-refractivity contribution is 7.99. The summed E-state index contributed by atoms with van der Waals surface area (Å²) in [6, 6.07) is 6.62. The van der Waals surface area contributed by atoms with Crippen molar-refractivity contribution in [2.24, 2.45) is 0 Å². The fourth-order valence-corrected chi connectivity index (χ4v) is 2.91. The minimum Gasteiger partial charge on any atom is -0.481 e. The Labute approximate surface area is 88.0 Å². The van der Waals surface area contributed by atoms with Gasteiger partial charge in [0, 0.05) is 6.54 Å². The first-order chi connectivity index (χ1) is 6.93. The van der Waals surface area contributed by atoms with E-state index in [1.54, 1.807) is 11.8 Å². The number of fused-ring (bicyclic) bond motifs is 1. The summed E-state index contributed by atoms with van der Waals surface area (Å²) in [6.07, 6.45) is 1.27. The van der Waals surface area contributed by atoms with E-state index < -0.39 is 0 Å². The van der Waals surface area contributed by atoms with Crippen molar-refractivity contribution in [2.75, 3.05) is 19.0 Å². The first-order valence-electron chi connectivity index (χ1n) is 5.04. The zero-order valence-electron chi connectivity index (χ0n) is 7.95.